The summed E-state index contributed by atoms with van der Waals surface area (Å²) in [5.74, 6) is -3.64. The molecule has 59 heavy (non-hydrogen) atoms. The molecule has 310 valence electrons. The van der Waals surface area contributed by atoms with Crippen molar-refractivity contribution in [3.63, 3.8) is 0 Å². The Balaban J connectivity index is 0.000000230. The van der Waals surface area contributed by atoms with Crippen molar-refractivity contribution in [3.8, 4) is 11.5 Å². The number of benzene rings is 2. The molecule has 0 bridgehead atoms. The van der Waals surface area contributed by atoms with E-state index in [1.165, 1.54) is 20.0 Å². The van der Waals surface area contributed by atoms with Gasteiger partial charge in [-0.05, 0) is 38.8 Å². The Morgan fingerprint density at radius 1 is 0.712 bits per heavy atom. The molecular formula is C37H33F3N6O12S. The van der Waals surface area contributed by atoms with E-state index >= 15 is 0 Å². The van der Waals surface area contributed by atoms with E-state index < -0.39 is 72.3 Å². The summed E-state index contributed by atoms with van der Waals surface area (Å²) in [6.45, 7) is 5.71. The van der Waals surface area contributed by atoms with Gasteiger partial charge in [0.15, 0.2) is 28.2 Å². The average Bonchev–Trinajstić information content (AvgIpc) is 3.18. The van der Waals surface area contributed by atoms with Crippen LogP contribution in [0, 0.1) is 13.8 Å². The summed E-state index contributed by atoms with van der Waals surface area (Å²) >= 11 is 0. The number of rotatable bonds is 12. The minimum Gasteiger partial charge on any atom is -0.506 e. The summed E-state index contributed by atoms with van der Waals surface area (Å²) < 4.78 is 77.6. The standard InChI is InChI=1S/C19H16F3N3O7S.C18H17N3O5/c1-3-30-18(27)14-15(32-33(28,29)19(20,21)22)13-9-23-11(2)24-16(13)25(17(14)26)31-10-12-7-5-4-6-8-12;1-3-25-18(24)14-15(22)13-9-19-11(2)20-16(13)21(17(14)23)26-10-12-7-5-4-6-8-12/h4-9H,3,10H2,1-2H3;4-9,22H,3,10H2,1-2H3. The average molecular weight is 843 g/mol. The zero-order chi connectivity index (χ0) is 43.1. The molecular weight excluding hydrogens is 809 g/mol. The van der Waals surface area contributed by atoms with Crippen LogP contribution in [0.3, 0.4) is 0 Å². The van der Waals surface area contributed by atoms with Gasteiger partial charge in [-0.25, -0.2) is 29.5 Å². The first-order chi connectivity index (χ1) is 28.0. The Morgan fingerprint density at radius 3 is 1.59 bits per heavy atom. The summed E-state index contributed by atoms with van der Waals surface area (Å²) in [7, 11) is -6.26. The maximum absolute atomic E-state index is 13.1. The van der Waals surface area contributed by atoms with E-state index in [4.69, 9.17) is 19.1 Å². The zero-order valence-electron chi connectivity index (χ0n) is 31.4. The number of pyridine rings is 2. The van der Waals surface area contributed by atoms with Crippen molar-refractivity contribution in [1.82, 2.24) is 29.4 Å². The quantitative estimate of drug-likeness (QED) is 0.105. The van der Waals surface area contributed by atoms with E-state index in [2.05, 4.69) is 24.1 Å². The number of aryl methyl sites for hydroxylation is 2. The van der Waals surface area contributed by atoms with Crippen LogP contribution in [0.25, 0.3) is 22.1 Å². The van der Waals surface area contributed by atoms with Gasteiger partial charge in [-0.15, -0.1) is 9.46 Å². The lowest BCUT2D eigenvalue weighted by Crippen LogP contribution is -2.35. The number of ether oxygens (including phenoxy) is 2. The molecule has 0 aliphatic rings. The highest BCUT2D eigenvalue weighted by molar-refractivity contribution is 7.88. The van der Waals surface area contributed by atoms with Crippen molar-refractivity contribution in [2.45, 2.75) is 46.4 Å². The van der Waals surface area contributed by atoms with Crippen molar-refractivity contribution in [1.29, 1.82) is 0 Å². The fraction of sp³-hybridized carbons (Fsp3) is 0.243. The van der Waals surface area contributed by atoms with Crippen LogP contribution in [0.2, 0.25) is 0 Å². The molecule has 0 saturated heterocycles. The van der Waals surface area contributed by atoms with Gasteiger partial charge < -0.3 is 28.4 Å². The maximum Gasteiger partial charge on any atom is 0.534 e. The molecule has 2 aromatic carbocycles. The molecule has 0 saturated carbocycles. The molecule has 0 fully saturated rings. The molecule has 1 N–H and O–H groups in total. The van der Waals surface area contributed by atoms with E-state index in [-0.39, 0.29) is 43.3 Å². The summed E-state index contributed by atoms with van der Waals surface area (Å²) in [6.07, 6.45) is 2.24. The second kappa shape index (κ2) is 18.0. The van der Waals surface area contributed by atoms with Crippen LogP contribution in [-0.2, 0) is 32.8 Å². The Hall–Kier alpha value is -7.10. The van der Waals surface area contributed by atoms with Crippen molar-refractivity contribution in [2.75, 3.05) is 13.2 Å². The van der Waals surface area contributed by atoms with Gasteiger partial charge in [-0.3, -0.25) is 9.59 Å². The normalized spacial score (nSPS) is 11.4. The smallest absolute Gasteiger partial charge is 0.506 e. The second-order valence-corrected chi connectivity index (χ2v) is 13.4. The predicted molar refractivity (Wildman–Crippen MR) is 200 cm³/mol. The molecule has 18 nitrogen and oxygen atoms in total. The fourth-order valence-electron chi connectivity index (χ4n) is 5.10. The third-order valence-electron chi connectivity index (χ3n) is 7.77. The van der Waals surface area contributed by atoms with Gasteiger partial charge >= 0.3 is 38.7 Å². The fourth-order valence-corrected chi connectivity index (χ4v) is 5.58. The first kappa shape index (κ1) is 43.0. The predicted octanol–water partition coefficient (Wildman–Crippen LogP) is 3.74. The molecule has 4 aromatic heterocycles. The number of hydrogen-bond donors (Lipinski definition) is 1. The summed E-state index contributed by atoms with van der Waals surface area (Å²) in [5, 5.41) is 10.00. The monoisotopic (exact) mass is 842 g/mol. The lowest BCUT2D eigenvalue weighted by molar-refractivity contribution is -0.0500. The Morgan fingerprint density at radius 2 is 1.14 bits per heavy atom. The summed E-state index contributed by atoms with van der Waals surface area (Å²) in [5.41, 5.74) is -8.56. The van der Waals surface area contributed by atoms with Crippen molar-refractivity contribution >= 4 is 44.1 Å². The number of carbonyl (C=O) groups excluding carboxylic acids is 2. The highest BCUT2D eigenvalue weighted by atomic mass is 32.2. The zero-order valence-corrected chi connectivity index (χ0v) is 32.2. The number of esters is 2. The first-order valence-corrected chi connectivity index (χ1v) is 18.6. The second-order valence-electron chi connectivity index (χ2n) is 11.9. The van der Waals surface area contributed by atoms with Crippen LogP contribution >= 0.6 is 0 Å². The molecule has 0 amide bonds. The molecule has 0 aliphatic carbocycles. The van der Waals surface area contributed by atoms with Gasteiger partial charge in [-0.1, -0.05) is 60.7 Å². The van der Waals surface area contributed by atoms with Crippen molar-refractivity contribution < 1.29 is 59.6 Å². The lowest BCUT2D eigenvalue weighted by Gasteiger charge is -2.17. The van der Waals surface area contributed by atoms with Crippen molar-refractivity contribution in [2.24, 2.45) is 0 Å². The highest BCUT2D eigenvalue weighted by Crippen LogP contribution is 2.33. The van der Waals surface area contributed by atoms with E-state index in [0.29, 0.717) is 16.1 Å². The number of hydrogen-bond acceptors (Lipinski definition) is 16. The molecule has 6 aromatic rings. The number of alkyl halides is 3. The van der Waals surface area contributed by atoms with E-state index in [9.17, 15) is 45.9 Å². The van der Waals surface area contributed by atoms with Gasteiger partial charge in [-0.2, -0.15) is 21.6 Å². The number of halogens is 3. The topological polar surface area (TPSA) is 230 Å². The number of nitrogens with zero attached hydrogens (tertiary/aromatic N) is 6. The van der Waals surface area contributed by atoms with Crippen LogP contribution in [0.1, 0.15) is 57.3 Å². The Labute approximate surface area is 331 Å². The molecule has 0 aliphatic heterocycles. The van der Waals surface area contributed by atoms with Crippen LogP contribution in [0.15, 0.2) is 82.6 Å². The van der Waals surface area contributed by atoms with E-state index in [1.807, 2.05) is 30.3 Å². The Kier molecular flexibility index (Phi) is 13.1. The maximum atomic E-state index is 13.1. The van der Waals surface area contributed by atoms with Gasteiger partial charge in [0.05, 0.1) is 24.0 Å². The molecule has 6 rings (SSSR count). The lowest BCUT2D eigenvalue weighted by atomic mass is 10.2. The number of fused-ring (bicyclic) bond motifs is 2. The summed E-state index contributed by atoms with van der Waals surface area (Å²) in [4.78, 5) is 77.5. The molecule has 0 atom stereocenters. The van der Waals surface area contributed by atoms with Crippen molar-refractivity contribution in [3.05, 3.63) is 128 Å². The number of aromatic hydroxyl groups is 1. The minimum absolute atomic E-state index is 0.0605. The van der Waals surface area contributed by atoms with Gasteiger partial charge in [0.2, 0.25) is 0 Å². The first-order valence-electron chi connectivity index (χ1n) is 17.2. The van der Waals surface area contributed by atoms with Crippen LogP contribution in [0.4, 0.5) is 13.2 Å². The largest absolute Gasteiger partial charge is 0.534 e. The van der Waals surface area contributed by atoms with Crippen LogP contribution in [-0.4, -0.2) is 73.6 Å². The summed E-state index contributed by atoms with van der Waals surface area (Å²) in [6, 6.07) is 17.7. The molecule has 0 unspecified atom stereocenters. The third kappa shape index (κ3) is 9.55. The van der Waals surface area contributed by atoms with E-state index in [1.54, 1.807) is 44.2 Å². The molecule has 4 heterocycles. The molecule has 0 radical (unpaired) electrons. The van der Waals surface area contributed by atoms with E-state index in [0.717, 1.165) is 16.5 Å². The van der Waals surface area contributed by atoms with Gasteiger partial charge in [0.1, 0.15) is 30.6 Å². The SMILES string of the molecule is CCOC(=O)c1c(O)c2cnc(C)nc2n(OCc2ccccc2)c1=O.CCOC(=O)c1c(OS(=O)(=O)C(F)(F)F)c2cnc(C)nc2n(OCc2ccccc2)c1=O. The van der Waals surface area contributed by atoms with Gasteiger partial charge in [0, 0.05) is 12.4 Å². The Bertz CT molecular complexity index is 2750. The van der Waals surface area contributed by atoms with Gasteiger partial charge in [0.25, 0.3) is 0 Å². The molecule has 22 heteroatoms. The number of aromatic nitrogens is 6. The van der Waals surface area contributed by atoms with Crippen LogP contribution in [0.5, 0.6) is 11.5 Å². The third-order valence-corrected chi connectivity index (χ3v) is 8.72. The minimum atomic E-state index is -6.26. The van der Waals surface area contributed by atoms with Crippen LogP contribution < -0.4 is 25.0 Å². The highest BCUT2D eigenvalue weighted by Gasteiger charge is 2.49. The molecule has 0 spiro atoms. The number of carbonyl (C=O) groups is 2.